The largest absolute Gasteiger partial charge is 0.197 e. The first kappa shape index (κ1) is 13.6. The van der Waals surface area contributed by atoms with E-state index in [2.05, 4.69) is 48.0 Å². The quantitative estimate of drug-likeness (QED) is 0.724. The molecule has 0 saturated heterocycles. The molecule has 1 aromatic rings. The molecule has 1 atom stereocenters. The second kappa shape index (κ2) is 6.98. The van der Waals surface area contributed by atoms with Crippen molar-refractivity contribution in [3.05, 3.63) is 28.7 Å². The van der Waals surface area contributed by atoms with Crippen molar-refractivity contribution in [3.63, 3.8) is 0 Å². The monoisotopic (exact) mass is 297 g/mol. The van der Waals surface area contributed by atoms with Gasteiger partial charge in [-0.25, -0.2) is 0 Å². The molecule has 0 fully saturated rings. The molecule has 16 heavy (non-hydrogen) atoms. The number of benzene rings is 1. The van der Waals surface area contributed by atoms with Crippen LogP contribution in [0, 0.1) is 17.2 Å². The number of thioether (sulfide) groups is 1. The van der Waals surface area contributed by atoms with Crippen LogP contribution in [-0.2, 0) is 0 Å². The minimum Gasteiger partial charge on any atom is -0.197 e. The van der Waals surface area contributed by atoms with Crippen LogP contribution >= 0.6 is 27.7 Å². The zero-order valence-electron chi connectivity index (χ0n) is 9.61. The summed E-state index contributed by atoms with van der Waals surface area (Å²) in [5, 5.41) is 9.27. The molecule has 0 amide bonds. The highest BCUT2D eigenvalue weighted by atomic mass is 79.9. The van der Waals surface area contributed by atoms with Crippen molar-refractivity contribution >= 4 is 27.7 Å². The lowest BCUT2D eigenvalue weighted by Gasteiger charge is -2.18. The van der Waals surface area contributed by atoms with E-state index in [-0.39, 0.29) is 5.25 Å². The van der Waals surface area contributed by atoms with Crippen molar-refractivity contribution in [1.82, 2.24) is 0 Å². The van der Waals surface area contributed by atoms with Crippen LogP contribution in [0.2, 0.25) is 0 Å². The van der Waals surface area contributed by atoms with Gasteiger partial charge in [0.15, 0.2) is 0 Å². The zero-order chi connectivity index (χ0) is 12.0. The Morgan fingerprint density at radius 3 is 2.56 bits per heavy atom. The standard InChI is InChI=1S/C13H16BrNS/c1-3-10(4-2)13(9-15)16-12-7-5-6-11(14)8-12/h5-8,10,13H,3-4H2,1-2H3. The Morgan fingerprint density at radius 2 is 2.06 bits per heavy atom. The Balaban J connectivity index is 2.74. The predicted molar refractivity (Wildman–Crippen MR) is 73.5 cm³/mol. The minimum absolute atomic E-state index is 0.0595. The van der Waals surface area contributed by atoms with Crippen LogP contribution in [0.25, 0.3) is 0 Å². The van der Waals surface area contributed by atoms with Crippen LogP contribution in [0.3, 0.4) is 0 Å². The number of halogens is 1. The van der Waals surface area contributed by atoms with E-state index in [1.54, 1.807) is 11.8 Å². The molecule has 86 valence electrons. The smallest absolute Gasteiger partial charge is 0.0991 e. The van der Waals surface area contributed by atoms with Gasteiger partial charge in [-0.15, -0.1) is 11.8 Å². The number of nitrogens with zero attached hydrogens (tertiary/aromatic N) is 1. The fourth-order valence-corrected chi connectivity index (χ4v) is 3.46. The van der Waals surface area contributed by atoms with Crippen molar-refractivity contribution in [3.8, 4) is 6.07 Å². The molecule has 3 heteroatoms. The maximum Gasteiger partial charge on any atom is 0.0991 e. The summed E-state index contributed by atoms with van der Waals surface area (Å²) in [6, 6.07) is 10.6. The van der Waals surface area contributed by atoms with E-state index in [0.29, 0.717) is 5.92 Å². The van der Waals surface area contributed by atoms with Crippen molar-refractivity contribution in [2.45, 2.75) is 36.8 Å². The predicted octanol–water partition coefficient (Wildman–Crippen LogP) is 4.87. The average Bonchev–Trinajstić information content (AvgIpc) is 2.29. The molecule has 1 aromatic carbocycles. The Kier molecular flexibility index (Phi) is 5.94. The Bertz CT molecular complexity index is 368. The average molecular weight is 298 g/mol. The van der Waals surface area contributed by atoms with Crippen LogP contribution in [0.5, 0.6) is 0 Å². The van der Waals surface area contributed by atoms with Gasteiger partial charge in [-0.05, 0) is 24.1 Å². The highest BCUT2D eigenvalue weighted by Gasteiger charge is 2.19. The third-order valence-electron chi connectivity index (χ3n) is 2.66. The normalized spacial score (nSPS) is 12.4. The molecule has 0 bridgehead atoms. The third-order valence-corrected chi connectivity index (χ3v) is 4.43. The molecular formula is C13H16BrNS. The van der Waals surface area contributed by atoms with Gasteiger partial charge < -0.3 is 0 Å². The molecule has 0 N–H and O–H groups in total. The molecule has 1 rings (SSSR count). The summed E-state index contributed by atoms with van der Waals surface area (Å²) in [6.07, 6.45) is 2.13. The van der Waals surface area contributed by atoms with E-state index in [9.17, 15) is 5.26 Å². The topological polar surface area (TPSA) is 23.8 Å². The van der Waals surface area contributed by atoms with E-state index >= 15 is 0 Å². The summed E-state index contributed by atoms with van der Waals surface area (Å²) in [5.74, 6) is 0.481. The van der Waals surface area contributed by atoms with E-state index in [0.717, 1.165) is 22.2 Å². The van der Waals surface area contributed by atoms with Gasteiger partial charge in [0, 0.05) is 9.37 Å². The number of hydrogen-bond donors (Lipinski definition) is 0. The number of nitriles is 1. The van der Waals surface area contributed by atoms with Crippen molar-refractivity contribution in [1.29, 1.82) is 5.26 Å². The molecule has 0 spiro atoms. The highest BCUT2D eigenvalue weighted by Crippen LogP contribution is 2.32. The van der Waals surface area contributed by atoms with Crippen LogP contribution < -0.4 is 0 Å². The summed E-state index contributed by atoms with van der Waals surface area (Å²) in [5.41, 5.74) is 0. The minimum atomic E-state index is 0.0595. The molecule has 0 aliphatic rings. The second-order valence-electron chi connectivity index (χ2n) is 3.70. The summed E-state index contributed by atoms with van der Waals surface area (Å²) < 4.78 is 1.07. The maximum atomic E-state index is 9.21. The van der Waals surface area contributed by atoms with E-state index in [1.165, 1.54) is 0 Å². The fourth-order valence-electron chi connectivity index (χ4n) is 1.63. The Hall–Kier alpha value is -0.460. The summed E-state index contributed by atoms with van der Waals surface area (Å²) in [7, 11) is 0. The second-order valence-corrected chi connectivity index (χ2v) is 5.83. The molecule has 0 aliphatic carbocycles. The van der Waals surface area contributed by atoms with Gasteiger partial charge >= 0.3 is 0 Å². The van der Waals surface area contributed by atoms with Crippen molar-refractivity contribution in [2.24, 2.45) is 5.92 Å². The molecule has 0 saturated carbocycles. The molecular weight excluding hydrogens is 282 g/mol. The van der Waals surface area contributed by atoms with Gasteiger partial charge in [0.2, 0.25) is 0 Å². The summed E-state index contributed by atoms with van der Waals surface area (Å²) in [6.45, 7) is 4.31. The van der Waals surface area contributed by atoms with Gasteiger partial charge in [-0.3, -0.25) is 0 Å². The molecule has 0 aliphatic heterocycles. The van der Waals surface area contributed by atoms with Crippen LogP contribution in [0.15, 0.2) is 33.6 Å². The Labute approximate surface area is 110 Å². The SMILES string of the molecule is CCC(CC)C(C#N)Sc1cccc(Br)c1. The molecule has 0 aromatic heterocycles. The summed E-state index contributed by atoms with van der Waals surface area (Å²) >= 11 is 5.12. The van der Waals surface area contributed by atoms with Gasteiger partial charge in [0.05, 0.1) is 11.3 Å². The zero-order valence-corrected chi connectivity index (χ0v) is 12.0. The number of hydrogen-bond acceptors (Lipinski definition) is 2. The molecule has 0 radical (unpaired) electrons. The van der Waals surface area contributed by atoms with E-state index in [1.807, 2.05) is 12.1 Å². The highest BCUT2D eigenvalue weighted by molar-refractivity contribution is 9.10. The van der Waals surface area contributed by atoms with E-state index < -0.39 is 0 Å². The van der Waals surface area contributed by atoms with Crippen LogP contribution in [-0.4, -0.2) is 5.25 Å². The first-order valence-corrected chi connectivity index (χ1v) is 7.20. The van der Waals surface area contributed by atoms with Crippen LogP contribution in [0.1, 0.15) is 26.7 Å². The molecule has 1 nitrogen and oxygen atoms in total. The van der Waals surface area contributed by atoms with Gasteiger partial charge in [0.1, 0.15) is 0 Å². The lowest BCUT2D eigenvalue weighted by Crippen LogP contribution is -2.13. The molecule has 0 heterocycles. The first-order valence-electron chi connectivity index (χ1n) is 5.53. The van der Waals surface area contributed by atoms with Gasteiger partial charge in [-0.1, -0.05) is 48.7 Å². The van der Waals surface area contributed by atoms with Gasteiger partial charge in [-0.2, -0.15) is 5.26 Å². The van der Waals surface area contributed by atoms with E-state index in [4.69, 9.17) is 0 Å². The fraction of sp³-hybridized carbons (Fsp3) is 0.462. The van der Waals surface area contributed by atoms with Crippen molar-refractivity contribution in [2.75, 3.05) is 0 Å². The maximum absolute atomic E-state index is 9.21. The third kappa shape index (κ3) is 3.84. The van der Waals surface area contributed by atoms with Crippen molar-refractivity contribution < 1.29 is 0 Å². The Morgan fingerprint density at radius 1 is 1.38 bits per heavy atom. The lowest BCUT2D eigenvalue weighted by molar-refractivity contribution is 0.514. The summed E-state index contributed by atoms with van der Waals surface area (Å²) in [4.78, 5) is 1.16. The first-order chi connectivity index (χ1) is 7.71. The number of rotatable bonds is 5. The van der Waals surface area contributed by atoms with Crippen LogP contribution in [0.4, 0.5) is 0 Å². The molecule has 1 unspecified atom stereocenters. The lowest BCUT2D eigenvalue weighted by atomic mass is 10.0. The van der Waals surface area contributed by atoms with Gasteiger partial charge in [0.25, 0.3) is 0 Å².